The monoisotopic (exact) mass is 208 g/mol. The quantitative estimate of drug-likeness (QED) is 0.515. The molecule has 1 saturated carbocycles. The molecule has 84 valence electrons. The fourth-order valence-electron chi connectivity index (χ4n) is 2.97. The molecule has 2 heteroatoms. The van der Waals surface area contributed by atoms with E-state index in [2.05, 4.69) is 19.1 Å². The van der Waals surface area contributed by atoms with E-state index in [0.717, 1.165) is 19.3 Å². The van der Waals surface area contributed by atoms with Crippen molar-refractivity contribution in [2.24, 2.45) is 17.3 Å². The van der Waals surface area contributed by atoms with E-state index in [9.17, 15) is 4.79 Å². The highest BCUT2D eigenvalue weighted by molar-refractivity contribution is 5.79. The van der Waals surface area contributed by atoms with Crippen molar-refractivity contribution < 1.29 is 9.53 Å². The van der Waals surface area contributed by atoms with Gasteiger partial charge in [0.15, 0.2) is 0 Å². The van der Waals surface area contributed by atoms with Crippen molar-refractivity contribution in [2.45, 2.75) is 39.5 Å². The summed E-state index contributed by atoms with van der Waals surface area (Å²) in [6, 6.07) is 0. The summed E-state index contributed by atoms with van der Waals surface area (Å²) in [4.78, 5) is 12.0. The van der Waals surface area contributed by atoms with E-state index in [0.29, 0.717) is 18.4 Å². The van der Waals surface area contributed by atoms with E-state index >= 15 is 0 Å². The zero-order valence-electron chi connectivity index (χ0n) is 9.66. The van der Waals surface area contributed by atoms with Gasteiger partial charge in [-0.15, -0.1) is 0 Å². The van der Waals surface area contributed by atoms with Crippen LogP contribution in [-0.2, 0) is 9.53 Å². The van der Waals surface area contributed by atoms with E-state index in [-0.39, 0.29) is 11.4 Å². The number of ether oxygens (including phenoxy) is 1. The number of rotatable bonds is 2. The predicted octanol–water partition coefficient (Wildman–Crippen LogP) is 2.93. The van der Waals surface area contributed by atoms with Crippen molar-refractivity contribution in [3.05, 3.63) is 12.2 Å². The van der Waals surface area contributed by atoms with Crippen LogP contribution < -0.4 is 0 Å². The molecule has 0 unspecified atom stereocenters. The van der Waals surface area contributed by atoms with Gasteiger partial charge in [-0.3, -0.25) is 4.79 Å². The lowest BCUT2D eigenvalue weighted by atomic mass is 9.62. The van der Waals surface area contributed by atoms with Gasteiger partial charge >= 0.3 is 5.97 Å². The second-order valence-corrected chi connectivity index (χ2v) is 4.95. The van der Waals surface area contributed by atoms with Gasteiger partial charge in [0.25, 0.3) is 0 Å². The van der Waals surface area contributed by atoms with E-state index in [4.69, 9.17) is 4.74 Å². The number of hydrogen-bond acceptors (Lipinski definition) is 2. The molecule has 0 radical (unpaired) electrons. The summed E-state index contributed by atoms with van der Waals surface area (Å²) in [6.07, 6.45) is 8.75. The van der Waals surface area contributed by atoms with Crippen molar-refractivity contribution in [1.82, 2.24) is 0 Å². The smallest absolute Gasteiger partial charge is 0.315 e. The van der Waals surface area contributed by atoms with Gasteiger partial charge in [0, 0.05) is 0 Å². The van der Waals surface area contributed by atoms with Crippen molar-refractivity contribution in [3.8, 4) is 0 Å². The Kier molecular flexibility index (Phi) is 2.85. The second-order valence-electron chi connectivity index (χ2n) is 4.95. The molecule has 2 aliphatic rings. The van der Waals surface area contributed by atoms with Gasteiger partial charge in [-0.25, -0.2) is 0 Å². The first-order chi connectivity index (χ1) is 7.18. The Morgan fingerprint density at radius 1 is 1.60 bits per heavy atom. The average Bonchev–Trinajstić information content (AvgIpc) is 2.25. The molecule has 15 heavy (non-hydrogen) atoms. The van der Waals surface area contributed by atoms with Gasteiger partial charge in [0.1, 0.15) is 0 Å². The molecule has 2 nitrogen and oxygen atoms in total. The molecule has 0 aromatic carbocycles. The van der Waals surface area contributed by atoms with Crippen molar-refractivity contribution in [3.63, 3.8) is 0 Å². The fraction of sp³-hybridized carbons (Fsp3) is 0.769. The molecule has 2 aliphatic carbocycles. The zero-order valence-corrected chi connectivity index (χ0v) is 9.66. The molecule has 1 fully saturated rings. The highest BCUT2D eigenvalue weighted by Crippen LogP contribution is 2.47. The molecule has 3 atom stereocenters. The Balaban J connectivity index is 2.20. The lowest BCUT2D eigenvalue weighted by Gasteiger charge is -2.42. The molecular weight excluding hydrogens is 188 g/mol. The molecular formula is C13H20O2. The number of fused-ring (bicyclic) bond motifs is 2. The highest BCUT2D eigenvalue weighted by Gasteiger charge is 2.45. The molecule has 0 amide bonds. The lowest BCUT2D eigenvalue weighted by molar-refractivity contribution is -0.155. The molecule has 0 spiro atoms. The summed E-state index contributed by atoms with van der Waals surface area (Å²) >= 11 is 0. The fourth-order valence-corrected chi connectivity index (χ4v) is 2.97. The molecule has 0 saturated heterocycles. The van der Waals surface area contributed by atoms with Crippen LogP contribution in [0.25, 0.3) is 0 Å². The van der Waals surface area contributed by atoms with Crippen molar-refractivity contribution in [1.29, 1.82) is 0 Å². The molecule has 0 heterocycles. The van der Waals surface area contributed by atoms with Crippen LogP contribution in [0.15, 0.2) is 12.2 Å². The number of carbonyl (C=O) groups excluding carboxylic acids is 1. The summed E-state index contributed by atoms with van der Waals surface area (Å²) in [6.45, 7) is 4.63. The SMILES string of the molecule is CCOC(=O)[C@]12C=C[C@@H](C)[C@H](CCC1)C2. The number of hydrogen-bond donors (Lipinski definition) is 0. The third-order valence-electron chi connectivity index (χ3n) is 3.97. The summed E-state index contributed by atoms with van der Waals surface area (Å²) in [5.41, 5.74) is -0.272. The van der Waals surface area contributed by atoms with Gasteiger partial charge in [0.05, 0.1) is 12.0 Å². The topological polar surface area (TPSA) is 26.3 Å². The molecule has 0 N–H and O–H groups in total. The number of esters is 1. The number of carbonyl (C=O) groups is 1. The van der Waals surface area contributed by atoms with Crippen LogP contribution in [0.3, 0.4) is 0 Å². The Hall–Kier alpha value is -0.790. The molecule has 0 aromatic heterocycles. The maximum Gasteiger partial charge on any atom is 0.315 e. The molecule has 0 aromatic rings. The van der Waals surface area contributed by atoms with Crippen LogP contribution >= 0.6 is 0 Å². The van der Waals surface area contributed by atoms with E-state index < -0.39 is 0 Å². The van der Waals surface area contributed by atoms with Gasteiger partial charge in [0.2, 0.25) is 0 Å². The standard InChI is InChI=1S/C13H20O2/c1-3-15-12(14)13-7-4-5-11(9-13)10(2)6-8-13/h6,8,10-11H,3-5,7,9H2,1-2H3/t10-,11-,13+/m1/s1. The normalized spacial score (nSPS) is 38.8. The summed E-state index contributed by atoms with van der Waals surface area (Å²) in [5, 5.41) is 0. The van der Waals surface area contributed by atoms with Gasteiger partial charge in [-0.2, -0.15) is 0 Å². The largest absolute Gasteiger partial charge is 0.465 e. The van der Waals surface area contributed by atoms with Gasteiger partial charge in [-0.05, 0) is 38.0 Å². The minimum absolute atomic E-state index is 0.00199. The molecule has 0 aliphatic heterocycles. The van der Waals surface area contributed by atoms with E-state index in [1.165, 1.54) is 6.42 Å². The van der Waals surface area contributed by atoms with E-state index in [1.807, 2.05) is 6.92 Å². The summed E-state index contributed by atoms with van der Waals surface area (Å²) in [5.74, 6) is 1.32. The minimum Gasteiger partial charge on any atom is -0.465 e. The zero-order chi connectivity index (χ0) is 10.9. The predicted molar refractivity (Wildman–Crippen MR) is 59.3 cm³/mol. The lowest BCUT2D eigenvalue weighted by Crippen LogP contribution is -2.40. The maximum absolute atomic E-state index is 12.0. The van der Waals surface area contributed by atoms with Crippen LogP contribution in [0.1, 0.15) is 39.5 Å². The summed E-state index contributed by atoms with van der Waals surface area (Å²) in [7, 11) is 0. The first-order valence-electron chi connectivity index (χ1n) is 6.04. The molecule has 2 bridgehead atoms. The van der Waals surface area contributed by atoms with Gasteiger partial charge in [-0.1, -0.05) is 25.5 Å². The van der Waals surface area contributed by atoms with Crippen LogP contribution in [0.2, 0.25) is 0 Å². The third-order valence-corrected chi connectivity index (χ3v) is 3.97. The van der Waals surface area contributed by atoms with E-state index in [1.54, 1.807) is 0 Å². The number of allylic oxidation sites excluding steroid dienone is 1. The third kappa shape index (κ3) is 1.82. The highest BCUT2D eigenvalue weighted by atomic mass is 16.5. The average molecular weight is 208 g/mol. The summed E-state index contributed by atoms with van der Waals surface area (Å²) < 4.78 is 5.20. The Morgan fingerprint density at radius 2 is 2.40 bits per heavy atom. The Bertz CT molecular complexity index is 282. The second kappa shape index (κ2) is 3.99. The van der Waals surface area contributed by atoms with Crippen molar-refractivity contribution in [2.75, 3.05) is 6.61 Å². The first kappa shape index (κ1) is 10.7. The van der Waals surface area contributed by atoms with Crippen molar-refractivity contribution >= 4 is 5.97 Å². The van der Waals surface area contributed by atoms with Gasteiger partial charge < -0.3 is 4.74 Å². The maximum atomic E-state index is 12.0. The first-order valence-corrected chi connectivity index (χ1v) is 6.04. The van der Waals surface area contributed by atoms with Crippen LogP contribution in [0.5, 0.6) is 0 Å². The molecule has 2 rings (SSSR count). The van der Waals surface area contributed by atoms with Crippen LogP contribution in [0.4, 0.5) is 0 Å². The van der Waals surface area contributed by atoms with Crippen LogP contribution in [0, 0.1) is 17.3 Å². The Labute approximate surface area is 91.7 Å². The van der Waals surface area contributed by atoms with Crippen LogP contribution in [-0.4, -0.2) is 12.6 Å². The minimum atomic E-state index is -0.272. The Morgan fingerprint density at radius 3 is 3.13 bits per heavy atom.